The van der Waals surface area contributed by atoms with Crippen LogP contribution in [0, 0.1) is 23.5 Å². The third-order valence-electron chi connectivity index (χ3n) is 3.90. The van der Waals surface area contributed by atoms with Crippen LogP contribution in [0.4, 0.5) is 8.78 Å². The van der Waals surface area contributed by atoms with Crippen LogP contribution < -0.4 is 5.73 Å². The second-order valence-corrected chi connectivity index (χ2v) is 5.22. The van der Waals surface area contributed by atoms with Gasteiger partial charge >= 0.3 is 0 Å². The van der Waals surface area contributed by atoms with Gasteiger partial charge in [0.1, 0.15) is 0 Å². The predicted octanol–water partition coefficient (Wildman–Crippen LogP) is 3.79. The van der Waals surface area contributed by atoms with Gasteiger partial charge in [0.15, 0.2) is 11.6 Å². The molecule has 0 radical (unpaired) electrons. The van der Waals surface area contributed by atoms with E-state index in [4.69, 9.17) is 5.73 Å². The second kappa shape index (κ2) is 5.13. The van der Waals surface area contributed by atoms with Gasteiger partial charge in [0.05, 0.1) is 0 Å². The van der Waals surface area contributed by atoms with Crippen molar-refractivity contribution in [2.24, 2.45) is 17.6 Å². The lowest BCUT2D eigenvalue weighted by molar-refractivity contribution is 0.255. The Morgan fingerprint density at radius 1 is 1.12 bits per heavy atom. The van der Waals surface area contributed by atoms with E-state index in [1.807, 2.05) is 0 Å². The number of hydrogen-bond donors (Lipinski definition) is 1. The smallest absolute Gasteiger partial charge is 0.159 e. The molecule has 1 aliphatic rings. The van der Waals surface area contributed by atoms with Crippen LogP contribution in [-0.4, -0.2) is 0 Å². The molecule has 0 heterocycles. The fourth-order valence-electron chi connectivity index (χ4n) is 2.64. The summed E-state index contributed by atoms with van der Waals surface area (Å²) >= 11 is 0. The highest BCUT2D eigenvalue weighted by atomic mass is 19.2. The van der Waals surface area contributed by atoms with E-state index in [0.717, 1.165) is 24.8 Å². The van der Waals surface area contributed by atoms with Crippen molar-refractivity contribution in [3.63, 3.8) is 0 Å². The third-order valence-corrected chi connectivity index (χ3v) is 3.90. The summed E-state index contributed by atoms with van der Waals surface area (Å²) in [5.74, 6) is -0.445. The summed E-state index contributed by atoms with van der Waals surface area (Å²) in [6.07, 6.45) is 4.53. The molecule has 0 saturated heterocycles. The van der Waals surface area contributed by atoms with Gasteiger partial charge in [-0.25, -0.2) is 8.78 Å². The summed E-state index contributed by atoms with van der Waals surface area (Å²) in [5, 5.41) is 0. The van der Waals surface area contributed by atoms with Crippen molar-refractivity contribution in [1.29, 1.82) is 0 Å². The van der Waals surface area contributed by atoms with Crippen LogP contribution >= 0.6 is 0 Å². The molecule has 94 valence electrons. The molecule has 1 unspecified atom stereocenters. The predicted molar refractivity (Wildman–Crippen MR) is 64.4 cm³/mol. The van der Waals surface area contributed by atoms with Crippen molar-refractivity contribution in [3.05, 3.63) is 35.4 Å². The fraction of sp³-hybridized carbons (Fsp3) is 0.571. The van der Waals surface area contributed by atoms with Gasteiger partial charge in [0.2, 0.25) is 0 Å². The highest BCUT2D eigenvalue weighted by Crippen LogP contribution is 2.35. The minimum atomic E-state index is -0.807. The van der Waals surface area contributed by atoms with Gasteiger partial charge in [-0.1, -0.05) is 25.8 Å². The number of hydrogen-bond acceptors (Lipinski definition) is 1. The normalized spacial score (nSPS) is 26.8. The Morgan fingerprint density at radius 3 is 2.35 bits per heavy atom. The van der Waals surface area contributed by atoms with Crippen LogP contribution in [0.2, 0.25) is 0 Å². The lowest BCUT2D eigenvalue weighted by Crippen LogP contribution is -2.25. The van der Waals surface area contributed by atoms with E-state index in [-0.39, 0.29) is 6.04 Å². The van der Waals surface area contributed by atoms with Crippen LogP contribution in [0.25, 0.3) is 0 Å². The molecule has 17 heavy (non-hydrogen) atoms. The molecule has 0 bridgehead atoms. The average molecular weight is 239 g/mol. The number of benzene rings is 1. The van der Waals surface area contributed by atoms with Crippen LogP contribution in [0.1, 0.15) is 44.2 Å². The molecule has 1 saturated carbocycles. The van der Waals surface area contributed by atoms with Gasteiger partial charge in [-0.2, -0.15) is 0 Å². The molecule has 1 aliphatic carbocycles. The van der Waals surface area contributed by atoms with Crippen LogP contribution in [0.5, 0.6) is 0 Å². The molecule has 2 N–H and O–H groups in total. The zero-order chi connectivity index (χ0) is 12.4. The molecule has 0 aromatic heterocycles. The molecule has 0 spiro atoms. The first-order valence-corrected chi connectivity index (χ1v) is 6.28. The van der Waals surface area contributed by atoms with Gasteiger partial charge in [-0.3, -0.25) is 0 Å². The van der Waals surface area contributed by atoms with Crippen molar-refractivity contribution in [1.82, 2.24) is 0 Å². The van der Waals surface area contributed by atoms with Crippen LogP contribution in [0.15, 0.2) is 18.2 Å². The monoisotopic (exact) mass is 239 g/mol. The standard InChI is InChI=1S/C14H19F2N/c1-9-2-4-10(5-3-9)14(17)11-6-7-12(15)13(16)8-11/h6-10,14H,2-5,17H2,1H3. The summed E-state index contributed by atoms with van der Waals surface area (Å²) in [6.45, 7) is 2.25. The molecular formula is C14H19F2N. The van der Waals surface area contributed by atoms with Crippen molar-refractivity contribution in [2.45, 2.75) is 38.6 Å². The highest BCUT2D eigenvalue weighted by Gasteiger charge is 2.25. The quantitative estimate of drug-likeness (QED) is 0.834. The van der Waals surface area contributed by atoms with Crippen molar-refractivity contribution in [3.8, 4) is 0 Å². The topological polar surface area (TPSA) is 26.0 Å². The first-order valence-electron chi connectivity index (χ1n) is 6.28. The Balaban J connectivity index is 2.08. The highest BCUT2D eigenvalue weighted by molar-refractivity contribution is 5.21. The zero-order valence-electron chi connectivity index (χ0n) is 10.1. The van der Waals surface area contributed by atoms with E-state index in [0.29, 0.717) is 11.5 Å². The molecular weight excluding hydrogens is 220 g/mol. The summed E-state index contributed by atoms with van der Waals surface area (Å²) in [4.78, 5) is 0. The lowest BCUT2D eigenvalue weighted by Gasteiger charge is -2.30. The van der Waals surface area contributed by atoms with E-state index >= 15 is 0 Å². The van der Waals surface area contributed by atoms with E-state index in [1.165, 1.54) is 18.9 Å². The van der Waals surface area contributed by atoms with Crippen molar-refractivity contribution >= 4 is 0 Å². The third kappa shape index (κ3) is 2.83. The molecule has 3 heteroatoms. The van der Waals surface area contributed by atoms with Crippen molar-refractivity contribution in [2.75, 3.05) is 0 Å². The molecule has 1 aromatic carbocycles. The molecule has 1 aromatic rings. The Labute approximate surface area is 101 Å². The fourth-order valence-corrected chi connectivity index (χ4v) is 2.64. The maximum absolute atomic E-state index is 13.1. The zero-order valence-corrected chi connectivity index (χ0v) is 10.1. The second-order valence-electron chi connectivity index (χ2n) is 5.22. The molecule has 0 aliphatic heterocycles. The summed E-state index contributed by atoms with van der Waals surface area (Å²) in [7, 11) is 0. The Bertz CT molecular complexity index is 384. The number of nitrogens with two attached hydrogens (primary N) is 1. The van der Waals surface area contributed by atoms with Gasteiger partial charge in [-0.15, -0.1) is 0 Å². The maximum atomic E-state index is 13.1. The van der Waals surface area contributed by atoms with E-state index in [9.17, 15) is 8.78 Å². The summed E-state index contributed by atoms with van der Waals surface area (Å²) in [5.41, 5.74) is 6.86. The van der Waals surface area contributed by atoms with Gasteiger partial charge in [0.25, 0.3) is 0 Å². The minimum Gasteiger partial charge on any atom is -0.324 e. The van der Waals surface area contributed by atoms with Gasteiger partial charge in [-0.05, 0) is 42.4 Å². The Morgan fingerprint density at radius 2 is 1.76 bits per heavy atom. The first kappa shape index (κ1) is 12.5. The Kier molecular flexibility index (Phi) is 3.77. The average Bonchev–Trinajstić information content (AvgIpc) is 2.33. The number of halogens is 2. The first-order chi connectivity index (χ1) is 8.08. The molecule has 1 fully saturated rings. The largest absolute Gasteiger partial charge is 0.324 e. The van der Waals surface area contributed by atoms with E-state index in [2.05, 4.69) is 6.92 Å². The van der Waals surface area contributed by atoms with E-state index in [1.54, 1.807) is 6.07 Å². The number of rotatable bonds is 2. The molecule has 1 nitrogen and oxygen atoms in total. The maximum Gasteiger partial charge on any atom is 0.159 e. The van der Waals surface area contributed by atoms with Crippen LogP contribution in [0.3, 0.4) is 0 Å². The van der Waals surface area contributed by atoms with Crippen LogP contribution in [-0.2, 0) is 0 Å². The summed E-state index contributed by atoms with van der Waals surface area (Å²) < 4.78 is 26.0. The minimum absolute atomic E-state index is 0.169. The summed E-state index contributed by atoms with van der Waals surface area (Å²) in [6, 6.07) is 3.83. The van der Waals surface area contributed by atoms with Gasteiger partial charge < -0.3 is 5.73 Å². The molecule has 1 atom stereocenters. The van der Waals surface area contributed by atoms with Gasteiger partial charge in [0, 0.05) is 6.04 Å². The molecule has 2 rings (SSSR count). The Hall–Kier alpha value is -0.960. The van der Waals surface area contributed by atoms with Crippen molar-refractivity contribution < 1.29 is 8.78 Å². The molecule has 0 amide bonds. The van der Waals surface area contributed by atoms with E-state index < -0.39 is 11.6 Å². The lowest BCUT2D eigenvalue weighted by atomic mass is 9.78. The SMILES string of the molecule is CC1CCC(C(N)c2ccc(F)c(F)c2)CC1.